The maximum atomic E-state index is 12.0. The summed E-state index contributed by atoms with van der Waals surface area (Å²) in [5.41, 5.74) is 6.69. The molecule has 2 N–H and O–H groups in total. The molecule has 3 nitrogen and oxygen atoms in total. The smallest absolute Gasteiger partial charge is 0.254 e. The Morgan fingerprint density at radius 1 is 1.67 bits per heavy atom. The Labute approximate surface area is 107 Å². The summed E-state index contributed by atoms with van der Waals surface area (Å²) >= 11 is 3.83. The quantitative estimate of drug-likeness (QED) is 0.795. The molecule has 0 aromatic carbocycles. The molecule has 0 spiro atoms. The van der Waals surface area contributed by atoms with Gasteiger partial charge in [-0.1, -0.05) is 6.92 Å². The zero-order valence-corrected chi connectivity index (χ0v) is 11.4. The summed E-state index contributed by atoms with van der Waals surface area (Å²) in [6.07, 6.45) is 0. The van der Waals surface area contributed by atoms with Crippen LogP contribution in [0.3, 0.4) is 0 Å². The van der Waals surface area contributed by atoms with Crippen molar-refractivity contribution in [2.24, 2.45) is 11.7 Å². The normalized spacial score (nSPS) is 25.9. The highest BCUT2D eigenvalue weighted by molar-refractivity contribution is 14.1. The van der Waals surface area contributed by atoms with Crippen molar-refractivity contribution >= 4 is 39.8 Å². The number of carbonyl (C=O) groups is 1. The van der Waals surface area contributed by atoms with E-state index in [0.29, 0.717) is 12.5 Å². The van der Waals surface area contributed by atoms with Crippen molar-refractivity contribution in [3.8, 4) is 0 Å². The third-order valence-corrected chi connectivity index (χ3v) is 4.56. The summed E-state index contributed by atoms with van der Waals surface area (Å²) in [7, 11) is 0. The van der Waals surface area contributed by atoms with Gasteiger partial charge in [0.1, 0.15) is 0 Å². The molecule has 0 radical (unpaired) electrons. The second kappa shape index (κ2) is 4.39. The number of halogens is 1. The molecule has 82 valence electrons. The van der Waals surface area contributed by atoms with Crippen molar-refractivity contribution in [2.45, 2.75) is 13.0 Å². The van der Waals surface area contributed by atoms with Crippen molar-refractivity contribution in [1.82, 2.24) is 4.90 Å². The van der Waals surface area contributed by atoms with E-state index in [0.717, 1.165) is 15.0 Å². The van der Waals surface area contributed by atoms with Crippen LogP contribution in [0, 0.1) is 8.80 Å². The summed E-state index contributed by atoms with van der Waals surface area (Å²) < 4.78 is 1.15. The van der Waals surface area contributed by atoms with Gasteiger partial charge < -0.3 is 10.6 Å². The monoisotopic (exact) mass is 336 g/mol. The molecule has 5 heteroatoms. The number of amides is 1. The van der Waals surface area contributed by atoms with E-state index >= 15 is 0 Å². The molecule has 2 rings (SSSR count). The van der Waals surface area contributed by atoms with Gasteiger partial charge in [-0.3, -0.25) is 4.79 Å². The van der Waals surface area contributed by atoms with Crippen LogP contribution in [0.4, 0.5) is 0 Å². The second-order valence-electron chi connectivity index (χ2n) is 3.99. The van der Waals surface area contributed by atoms with Crippen LogP contribution in [0.15, 0.2) is 11.4 Å². The largest absolute Gasteiger partial charge is 0.337 e. The van der Waals surface area contributed by atoms with Crippen molar-refractivity contribution < 1.29 is 4.79 Å². The standard InChI is InChI=1S/C10H13IN2OS/c1-6-3-13(4-8(6)12)10(14)7-2-9(11)15-5-7/h2,5-6,8H,3-4,12H2,1H3. The van der Waals surface area contributed by atoms with Gasteiger partial charge in [0.15, 0.2) is 0 Å². The van der Waals surface area contributed by atoms with Gasteiger partial charge >= 0.3 is 0 Å². The summed E-state index contributed by atoms with van der Waals surface area (Å²) in [5.74, 6) is 0.528. The molecule has 1 aliphatic heterocycles. The van der Waals surface area contributed by atoms with Gasteiger partial charge in [-0.2, -0.15) is 0 Å². The Bertz CT molecular complexity index is 369. The van der Waals surface area contributed by atoms with E-state index < -0.39 is 0 Å². The molecule has 1 amide bonds. The lowest BCUT2D eigenvalue weighted by Gasteiger charge is -2.14. The van der Waals surface area contributed by atoms with Crippen LogP contribution in [0.25, 0.3) is 0 Å². The maximum Gasteiger partial charge on any atom is 0.254 e. The minimum atomic E-state index is 0.119. The number of rotatable bonds is 1. The van der Waals surface area contributed by atoms with E-state index in [4.69, 9.17) is 5.73 Å². The highest BCUT2D eigenvalue weighted by atomic mass is 127. The first kappa shape index (κ1) is 11.3. The number of nitrogens with two attached hydrogens (primary N) is 1. The van der Waals surface area contributed by atoms with Crippen LogP contribution in [0.2, 0.25) is 0 Å². The van der Waals surface area contributed by atoms with Crippen LogP contribution in [0.5, 0.6) is 0 Å². The van der Waals surface area contributed by atoms with Crippen molar-refractivity contribution in [3.05, 3.63) is 19.9 Å². The fourth-order valence-corrected chi connectivity index (χ4v) is 3.08. The van der Waals surface area contributed by atoms with Crippen LogP contribution < -0.4 is 5.73 Å². The lowest BCUT2D eigenvalue weighted by molar-refractivity contribution is 0.0787. The Hall–Kier alpha value is -0.140. The number of carbonyl (C=O) groups excluding carboxylic acids is 1. The fourth-order valence-electron chi connectivity index (χ4n) is 1.76. The molecular formula is C10H13IN2OS. The average Bonchev–Trinajstić information content (AvgIpc) is 2.74. The van der Waals surface area contributed by atoms with Crippen molar-refractivity contribution in [1.29, 1.82) is 0 Å². The zero-order chi connectivity index (χ0) is 11.0. The lowest BCUT2D eigenvalue weighted by Crippen LogP contribution is -2.31. The molecule has 2 heterocycles. The molecular weight excluding hydrogens is 323 g/mol. The number of nitrogens with zero attached hydrogens (tertiary/aromatic N) is 1. The fraction of sp³-hybridized carbons (Fsp3) is 0.500. The van der Waals surface area contributed by atoms with Crippen molar-refractivity contribution in [3.63, 3.8) is 0 Å². The Morgan fingerprint density at radius 3 is 2.87 bits per heavy atom. The van der Waals surface area contributed by atoms with E-state index in [9.17, 15) is 4.79 Å². The highest BCUT2D eigenvalue weighted by Gasteiger charge is 2.30. The topological polar surface area (TPSA) is 46.3 Å². The minimum absolute atomic E-state index is 0.119. The van der Waals surface area contributed by atoms with Crippen LogP contribution in [-0.2, 0) is 0 Å². The predicted octanol–water partition coefficient (Wildman–Crippen LogP) is 1.77. The molecule has 0 aliphatic carbocycles. The van der Waals surface area contributed by atoms with Gasteiger partial charge in [0.05, 0.1) is 8.45 Å². The zero-order valence-electron chi connectivity index (χ0n) is 8.44. The van der Waals surface area contributed by atoms with E-state index in [2.05, 4.69) is 29.5 Å². The number of hydrogen-bond acceptors (Lipinski definition) is 3. The van der Waals surface area contributed by atoms with Gasteiger partial charge in [0, 0.05) is 24.5 Å². The van der Waals surface area contributed by atoms with Crippen molar-refractivity contribution in [2.75, 3.05) is 13.1 Å². The minimum Gasteiger partial charge on any atom is -0.337 e. The Kier molecular flexibility index (Phi) is 3.32. The molecule has 0 bridgehead atoms. The third kappa shape index (κ3) is 2.34. The van der Waals surface area contributed by atoms with Gasteiger partial charge in [0.25, 0.3) is 5.91 Å². The SMILES string of the molecule is CC1CN(C(=O)c2csc(I)c2)CC1N. The summed E-state index contributed by atoms with van der Waals surface area (Å²) in [6, 6.07) is 2.06. The van der Waals surface area contributed by atoms with Crippen LogP contribution in [-0.4, -0.2) is 29.9 Å². The van der Waals surface area contributed by atoms with Gasteiger partial charge in [-0.25, -0.2) is 0 Å². The second-order valence-corrected chi connectivity index (χ2v) is 6.80. The summed E-state index contributed by atoms with van der Waals surface area (Å²) in [6.45, 7) is 3.56. The maximum absolute atomic E-state index is 12.0. The molecule has 15 heavy (non-hydrogen) atoms. The molecule has 1 aromatic heterocycles. The summed E-state index contributed by atoms with van der Waals surface area (Å²) in [4.78, 5) is 13.9. The average molecular weight is 336 g/mol. The molecule has 1 aromatic rings. The molecule has 1 aliphatic rings. The van der Waals surface area contributed by atoms with Gasteiger partial charge in [0.2, 0.25) is 0 Å². The number of hydrogen-bond donors (Lipinski definition) is 1. The first-order valence-electron chi connectivity index (χ1n) is 4.87. The van der Waals surface area contributed by atoms with E-state index in [1.807, 2.05) is 16.3 Å². The molecule has 2 unspecified atom stereocenters. The van der Waals surface area contributed by atoms with E-state index in [-0.39, 0.29) is 11.9 Å². The molecule has 1 saturated heterocycles. The predicted molar refractivity (Wildman–Crippen MR) is 70.1 cm³/mol. The summed E-state index contributed by atoms with van der Waals surface area (Å²) in [5, 5.41) is 1.92. The van der Waals surface area contributed by atoms with E-state index in [1.54, 1.807) is 11.3 Å². The lowest BCUT2D eigenvalue weighted by atomic mass is 10.1. The van der Waals surface area contributed by atoms with Crippen LogP contribution in [0.1, 0.15) is 17.3 Å². The van der Waals surface area contributed by atoms with E-state index in [1.165, 1.54) is 0 Å². The number of likely N-dealkylation sites (tertiary alicyclic amines) is 1. The first-order chi connectivity index (χ1) is 7.08. The first-order valence-corrected chi connectivity index (χ1v) is 6.82. The third-order valence-electron chi connectivity index (χ3n) is 2.77. The Balaban J connectivity index is 2.10. The number of thiophene rings is 1. The molecule has 1 fully saturated rings. The van der Waals surface area contributed by atoms with Gasteiger partial charge in [-0.05, 0) is 34.6 Å². The molecule has 2 atom stereocenters. The van der Waals surface area contributed by atoms with Crippen LogP contribution >= 0.6 is 33.9 Å². The Morgan fingerprint density at radius 2 is 2.40 bits per heavy atom. The van der Waals surface area contributed by atoms with Gasteiger partial charge in [-0.15, -0.1) is 11.3 Å². The highest BCUT2D eigenvalue weighted by Crippen LogP contribution is 2.21. The molecule has 0 saturated carbocycles.